The van der Waals surface area contributed by atoms with Gasteiger partial charge in [0, 0.05) is 7.05 Å². The first kappa shape index (κ1) is 17.4. The third kappa shape index (κ3) is 3.09. The van der Waals surface area contributed by atoms with Gasteiger partial charge in [-0.3, -0.25) is 9.36 Å². The lowest BCUT2D eigenvalue weighted by Crippen LogP contribution is -2.60. The maximum atomic E-state index is 12.2. The number of nitrogens with one attached hydrogen (secondary N) is 1. The Hall–Kier alpha value is -1.92. The van der Waals surface area contributed by atoms with E-state index in [4.69, 9.17) is 20.3 Å². The van der Waals surface area contributed by atoms with Gasteiger partial charge in [-0.2, -0.15) is 4.98 Å². The highest BCUT2D eigenvalue weighted by Gasteiger charge is 2.43. The maximum Gasteiger partial charge on any atom is 0.300 e. The Morgan fingerprint density at radius 3 is 2.57 bits per heavy atom. The third-order valence-electron chi connectivity index (χ3n) is 3.64. The summed E-state index contributed by atoms with van der Waals surface area (Å²) in [6.45, 7) is -0.586. The average Bonchev–Trinajstić information content (AvgIpc) is 2.54. The Bertz CT molecular complexity index is 620. The number of ether oxygens (including phenoxy) is 2. The summed E-state index contributed by atoms with van der Waals surface area (Å²) in [5.74, 6) is -0.193. The molecule has 0 aliphatic carbocycles. The van der Waals surface area contributed by atoms with Crippen molar-refractivity contribution in [2.75, 3.05) is 24.8 Å². The van der Waals surface area contributed by atoms with Crippen molar-refractivity contribution in [1.82, 2.24) is 9.55 Å². The van der Waals surface area contributed by atoms with Crippen molar-refractivity contribution in [3.05, 3.63) is 10.4 Å². The number of nitrogens with zero attached hydrogens (tertiary/aromatic N) is 2. The van der Waals surface area contributed by atoms with Gasteiger partial charge in [0.05, 0.1) is 13.7 Å². The number of aliphatic hydroxyl groups excluding tert-OH is 4. The fourth-order valence-corrected chi connectivity index (χ4v) is 2.28. The Kier molecular flexibility index (Phi) is 5.06. The van der Waals surface area contributed by atoms with Crippen molar-refractivity contribution in [2.45, 2.75) is 30.6 Å². The van der Waals surface area contributed by atoms with E-state index in [0.29, 0.717) is 0 Å². The number of hydrogen-bond acceptors (Lipinski definition) is 10. The molecule has 23 heavy (non-hydrogen) atoms. The summed E-state index contributed by atoms with van der Waals surface area (Å²) in [7, 11) is 2.73. The molecule has 0 amide bonds. The Labute approximate surface area is 130 Å². The Morgan fingerprint density at radius 1 is 1.35 bits per heavy atom. The molecule has 1 aliphatic heterocycles. The summed E-state index contributed by atoms with van der Waals surface area (Å²) in [5.41, 5.74) is 4.93. The summed E-state index contributed by atoms with van der Waals surface area (Å²) in [5, 5.41) is 41.1. The molecule has 0 unspecified atom stereocenters. The summed E-state index contributed by atoms with van der Waals surface area (Å²) in [4.78, 5) is 16.1. The van der Waals surface area contributed by atoms with E-state index in [1.165, 1.54) is 14.2 Å². The van der Waals surface area contributed by atoms with Crippen LogP contribution in [0, 0.1) is 0 Å². The number of aliphatic hydroxyl groups is 4. The van der Waals surface area contributed by atoms with Gasteiger partial charge in [-0.05, 0) is 0 Å². The SMILES string of the molecule is COc1nc(N)c(N[C@@H]2O[C@H](CO)[C@@H](O)[C@H](O)[C@H]2O)c(=O)n1C. The van der Waals surface area contributed by atoms with E-state index < -0.39 is 42.8 Å². The van der Waals surface area contributed by atoms with Crippen molar-refractivity contribution in [1.29, 1.82) is 0 Å². The van der Waals surface area contributed by atoms with Crippen LogP contribution in [0.4, 0.5) is 11.5 Å². The van der Waals surface area contributed by atoms with E-state index in [9.17, 15) is 20.1 Å². The molecule has 0 spiro atoms. The van der Waals surface area contributed by atoms with Crippen molar-refractivity contribution < 1.29 is 29.9 Å². The molecule has 0 aromatic carbocycles. The molecule has 11 nitrogen and oxygen atoms in total. The molecule has 1 saturated heterocycles. The number of anilines is 2. The molecule has 2 rings (SSSR count). The first-order chi connectivity index (χ1) is 10.8. The van der Waals surface area contributed by atoms with Gasteiger partial charge < -0.3 is 41.0 Å². The topological polar surface area (TPSA) is 172 Å². The molecule has 1 fully saturated rings. The highest BCUT2D eigenvalue weighted by atomic mass is 16.6. The summed E-state index contributed by atoms with van der Waals surface area (Å²) < 4.78 is 11.2. The number of nitrogen functional groups attached to an aromatic ring is 1. The first-order valence-corrected chi connectivity index (χ1v) is 6.79. The fourth-order valence-electron chi connectivity index (χ4n) is 2.28. The van der Waals surface area contributed by atoms with E-state index in [-0.39, 0.29) is 17.5 Å². The molecule has 130 valence electrons. The van der Waals surface area contributed by atoms with Gasteiger partial charge in [0.2, 0.25) is 0 Å². The van der Waals surface area contributed by atoms with Gasteiger partial charge in [-0.25, -0.2) is 0 Å². The summed E-state index contributed by atoms with van der Waals surface area (Å²) in [6, 6.07) is -0.00754. The van der Waals surface area contributed by atoms with E-state index in [2.05, 4.69) is 10.3 Å². The number of rotatable bonds is 4. The maximum absolute atomic E-state index is 12.2. The molecule has 1 aliphatic rings. The van der Waals surface area contributed by atoms with E-state index in [1.54, 1.807) is 0 Å². The molecule has 1 aromatic rings. The van der Waals surface area contributed by atoms with Gasteiger partial charge in [-0.15, -0.1) is 0 Å². The fraction of sp³-hybridized carbons (Fsp3) is 0.667. The zero-order chi connectivity index (χ0) is 17.3. The van der Waals surface area contributed by atoms with Crippen molar-refractivity contribution in [3.63, 3.8) is 0 Å². The highest BCUT2D eigenvalue weighted by molar-refractivity contribution is 5.61. The second-order valence-electron chi connectivity index (χ2n) is 5.12. The van der Waals surface area contributed by atoms with Crippen LogP contribution in [-0.2, 0) is 11.8 Å². The predicted octanol–water partition coefficient (Wildman–Crippen LogP) is -3.42. The minimum absolute atomic E-state index is 0.00754. The minimum atomic E-state index is -1.57. The van der Waals surface area contributed by atoms with E-state index in [1.807, 2.05) is 0 Å². The molecular weight excluding hydrogens is 312 g/mol. The minimum Gasteiger partial charge on any atom is -0.468 e. The van der Waals surface area contributed by atoms with Crippen molar-refractivity contribution >= 4 is 11.5 Å². The quantitative estimate of drug-likeness (QED) is 0.326. The Balaban J connectivity index is 2.32. The largest absolute Gasteiger partial charge is 0.468 e. The normalized spacial score (nSPS) is 31.0. The van der Waals surface area contributed by atoms with E-state index >= 15 is 0 Å². The highest BCUT2D eigenvalue weighted by Crippen LogP contribution is 2.24. The molecule has 0 bridgehead atoms. The molecule has 2 heterocycles. The Morgan fingerprint density at radius 2 is 2.00 bits per heavy atom. The number of nitrogens with two attached hydrogens (primary N) is 1. The summed E-state index contributed by atoms with van der Waals surface area (Å²) in [6.07, 6.45) is -7.02. The van der Waals surface area contributed by atoms with Crippen LogP contribution in [0.5, 0.6) is 6.01 Å². The molecule has 5 atom stereocenters. The molecule has 7 N–H and O–H groups in total. The van der Waals surface area contributed by atoms with Crippen LogP contribution in [0.15, 0.2) is 4.79 Å². The van der Waals surface area contributed by atoms with Crippen LogP contribution in [-0.4, -0.2) is 74.3 Å². The lowest BCUT2D eigenvalue weighted by atomic mass is 9.98. The van der Waals surface area contributed by atoms with Crippen molar-refractivity contribution in [3.8, 4) is 6.01 Å². The average molecular weight is 332 g/mol. The smallest absolute Gasteiger partial charge is 0.300 e. The van der Waals surface area contributed by atoms with Gasteiger partial charge in [0.15, 0.2) is 12.0 Å². The third-order valence-corrected chi connectivity index (χ3v) is 3.64. The second-order valence-corrected chi connectivity index (χ2v) is 5.12. The molecule has 11 heteroatoms. The summed E-state index contributed by atoms with van der Waals surface area (Å²) >= 11 is 0. The number of methoxy groups -OCH3 is 1. The van der Waals surface area contributed by atoms with Gasteiger partial charge in [-0.1, -0.05) is 0 Å². The number of aromatic nitrogens is 2. The van der Waals surface area contributed by atoms with Gasteiger partial charge in [0.25, 0.3) is 5.56 Å². The zero-order valence-corrected chi connectivity index (χ0v) is 12.6. The first-order valence-electron chi connectivity index (χ1n) is 6.79. The van der Waals surface area contributed by atoms with E-state index in [0.717, 1.165) is 4.57 Å². The predicted molar refractivity (Wildman–Crippen MR) is 77.8 cm³/mol. The van der Waals surface area contributed by atoms with Gasteiger partial charge >= 0.3 is 6.01 Å². The molecular formula is C12H20N4O7. The monoisotopic (exact) mass is 332 g/mol. The second kappa shape index (κ2) is 6.68. The van der Waals surface area contributed by atoms with Crippen LogP contribution in [0.3, 0.4) is 0 Å². The molecule has 1 aromatic heterocycles. The van der Waals surface area contributed by atoms with Crippen LogP contribution in [0.2, 0.25) is 0 Å². The lowest BCUT2D eigenvalue weighted by molar-refractivity contribution is -0.221. The van der Waals surface area contributed by atoms with Crippen molar-refractivity contribution in [2.24, 2.45) is 7.05 Å². The lowest BCUT2D eigenvalue weighted by Gasteiger charge is -2.40. The zero-order valence-electron chi connectivity index (χ0n) is 12.6. The van der Waals surface area contributed by atoms with Crippen LogP contribution >= 0.6 is 0 Å². The molecule has 0 saturated carbocycles. The molecule has 0 radical (unpaired) electrons. The van der Waals surface area contributed by atoms with Crippen LogP contribution in [0.25, 0.3) is 0 Å². The number of hydrogen-bond donors (Lipinski definition) is 6. The standard InChI is InChI=1S/C12H20N4O7/c1-16-11(21)5(9(13)15-12(16)22-2)14-10-8(20)7(19)6(18)4(3-17)23-10/h4,6-8,10,14,17-20H,3,13H2,1-2H3/t4-,6-,7+,8-,10-/m1/s1. The van der Waals surface area contributed by atoms with Gasteiger partial charge in [0.1, 0.15) is 30.1 Å². The van der Waals surface area contributed by atoms with Crippen LogP contribution < -0.4 is 21.3 Å². The van der Waals surface area contributed by atoms with Crippen LogP contribution in [0.1, 0.15) is 0 Å².